The Bertz CT molecular complexity index is 1390. The first-order valence-corrected chi connectivity index (χ1v) is 12.2. The number of rotatable bonds is 9. The molecule has 0 aliphatic heterocycles. The predicted molar refractivity (Wildman–Crippen MR) is 142 cm³/mol. The zero-order valence-corrected chi connectivity index (χ0v) is 19.7. The van der Waals surface area contributed by atoms with Gasteiger partial charge in [-0.05, 0) is 47.2 Å². The van der Waals surface area contributed by atoms with Crippen molar-refractivity contribution in [3.63, 3.8) is 0 Å². The minimum Gasteiger partial charge on any atom is -0.349 e. The molecule has 0 saturated carbocycles. The van der Waals surface area contributed by atoms with Crippen LogP contribution < -0.4 is 5.32 Å². The van der Waals surface area contributed by atoms with E-state index in [-0.39, 0.29) is 5.91 Å². The largest absolute Gasteiger partial charge is 0.349 e. The van der Waals surface area contributed by atoms with Crippen LogP contribution in [0.1, 0.15) is 23.4 Å². The molecule has 1 heterocycles. The summed E-state index contributed by atoms with van der Waals surface area (Å²) in [6, 6.07) is 37.2. The van der Waals surface area contributed by atoms with Gasteiger partial charge in [0.25, 0.3) is 0 Å². The number of carbonyl (C=O) groups excluding carboxylic acids is 1. The number of fused-ring (bicyclic) bond motifs is 1. The Morgan fingerprint density at radius 1 is 0.714 bits per heavy atom. The second-order valence-corrected chi connectivity index (χ2v) is 8.77. The van der Waals surface area contributed by atoms with Crippen molar-refractivity contribution in [1.29, 1.82) is 0 Å². The van der Waals surface area contributed by atoms with Gasteiger partial charge in [0.15, 0.2) is 0 Å². The summed E-state index contributed by atoms with van der Waals surface area (Å²) in [5.74, 6) is 0.896. The molecule has 0 atom stereocenters. The summed E-state index contributed by atoms with van der Waals surface area (Å²) in [5.41, 5.74) is 6.74. The monoisotopic (exact) mass is 459 g/mol. The molecule has 1 N–H and O–H groups in total. The Morgan fingerprint density at radius 3 is 2.14 bits per heavy atom. The van der Waals surface area contributed by atoms with E-state index in [0.717, 1.165) is 47.4 Å². The number of benzene rings is 4. The topological polar surface area (TPSA) is 46.9 Å². The molecule has 5 aromatic rings. The van der Waals surface area contributed by atoms with Crippen molar-refractivity contribution in [3.05, 3.63) is 126 Å². The van der Waals surface area contributed by atoms with E-state index in [0.29, 0.717) is 13.0 Å². The molecule has 4 heteroatoms. The van der Waals surface area contributed by atoms with Crippen molar-refractivity contribution >= 4 is 16.9 Å². The molecule has 174 valence electrons. The van der Waals surface area contributed by atoms with Gasteiger partial charge < -0.3 is 9.88 Å². The highest BCUT2D eigenvalue weighted by molar-refractivity contribution is 5.79. The van der Waals surface area contributed by atoms with Gasteiger partial charge in [0.1, 0.15) is 5.82 Å². The van der Waals surface area contributed by atoms with Crippen LogP contribution in [-0.4, -0.2) is 15.5 Å². The summed E-state index contributed by atoms with van der Waals surface area (Å²) in [4.78, 5) is 17.5. The molecule has 1 aromatic heterocycles. The van der Waals surface area contributed by atoms with Crippen molar-refractivity contribution in [1.82, 2.24) is 14.9 Å². The lowest BCUT2D eigenvalue weighted by molar-refractivity contribution is -0.120. The van der Waals surface area contributed by atoms with Crippen molar-refractivity contribution in [2.45, 2.75) is 32.4 Å². The van der Waals surface area contributed by atoms with Crippen molar-refractivity contribution < 1.29 is 4.79 Å². The third-order valence-corrected chi connectivity index (χ3v) is 6.29. The predicted octanol–water partition coefficient (Wildman–Crippen LogP) is 6.20. The number of aryl methyl sites for hydroxylation is 2. The molecule has 0 fully saturated rings. The fourth-order valence-electron chi connectivity index (χ4n) is 4.47. The maximum atomic E-state index is 12.7. The molecule has 1 amide bonds. The van der Waals surface area contributed by atoms with Crippen LogP contribution >= 0.6 is 0 Å². The Balaban J connectivity index is 1.22. The second-order valence-electron chi connectivity index (χ2n) is 8.77. The summed E-state index contributed by atoms with van der Waals surface area (Å²) in [5, 5.41) is 3.08. The van der Waals surface area contributed by atoms with Gasteiger partial charge >= 0.3 is 0 Å². The number of nitrogens with one attached hydrogen (secondary N) is 1. The summed E-state index contributed by atoms with van der Waals surface area (Å²) in [6.07, 6.45) is 2.38. The molecule has 0 radical (unpaired) electrons. The first-order chi connectivity index (χ1) is 17.3. The van der Waals surface area contributed by atoms with E-state index in [1.54, 1.807) is 0 Å². The Labute approximate surface area is 206 Å². The number of hydrogen-bond donors (Lipinski definition) is 1. The molecule has 0 aliphatic carbocycles. The first kappa shape index (κ1) is 22.6. The maximum Gasteiger partial charge on any atom is 0.224 e. The van der Waals surface area contributed by atoms with E-state index in [9.17, 15) is 4.79 Å². The highest BCUT2D eigenvalue weighted by atomic mass is 16.1. The minimum absolute atomic E-state index is 0.000327. The number of aromatic nitrogens is 2. The molecule has 35 heavy (non-hydrogen) atoms. The van der Waals surface area contributed by atoms with Gasteiger partial charge in [-0.1, -0.05) is 97.1 Å². The summed E-state index contributed by atoms with van der Waals surface area (Å²) in [7, 11) is 0. The second kappa shape index (κ2) is 10.8. The van der Waals surface area contributed by atoms with Gasteiger partial charge in [-0.2, -0.15) is 0 Å². The zero-order valence-electron chi connectivity index (χ0n) is 19.7. The van der Waals surface area contributed by atoms with Gasteiger partial charge in [-0.15, -0.1) is 0 Å². The van der Waals surface area contributed by atoms with Crippen molar-refractivity contribution in [2.24, 2.45) is 0 Å². The van der Waals surface area contributed by atoms with Crippen LogP contribution in [0, 0.1) is 0 Å². The lowest BCUT2D eigenvalue weighted by atomic mass is 10.0. The van der Waals surface area contributed by atoms with Crippen LogP contribution in [0.2, 0.25) is 0 Å². The normalized spacial score (nSPS) is 11.0. The van der Waals surface area contributed by atoms with E-state index < -0.39 is 0 Å². The number of amides is 1. The molecule has 4 nitrogen and oxygen atoms in total. The van der Waals surface area contributed by atoms with E-state index in [4.69, 9.17) is 4.98 Å². The average Bonchev–Trinajstić information content (AvgIpc) is 3.26. The van der Waals surface area contributed by atoms with Crippen LogP contribution in [0.3, 0.4) is 0 Å². The van der Waals surface area contributed by atoms with Crippen LogP contribution in [-0.2, 0) is 30.7 Å². The van der Waals surface area contributed by atoms with Gasteiger partial charge in [0.2, 0.25) is 5.91 Å². The van der Waals surface area contributed by atoms with Crippen LogP contribution in [0.25, 0.3) is 22.2 Å². The SMILES string of the molecule is O=C(Cc1ccc(-c2ccccc2)cc1)NCc1nc2ccccc2n1CCCc1ccccc1. The number of imidazole rings is 1. The Morgan fingerprint density at radius 2 is 1.37 bits per heavy atom. The van der Waals surface area contributed by atoms with Gasteiger partial charge in [-0.25, -0.2) is 4.98 Å². The summed E-state index contributed by atoms with van der Waals surface area (Å²) < 4.78 is 2.24. The number of nitrogens with zero attached hydrogens (tertiary/aromatic N) is 2. The molecule has 5 rings (SSSR count). The summed E-state index contributed by atoms with van der Waals surface area (Å²) >= 11 is 0. The van der Waals surface area contributed by atoms with E-state index in [2.05, 4.69) is 64.5 Å². The maximum absolute atomic E-state index is 12.7. The summed E-state index contributed by atoms with van der Waals surface area (Å²) in [6.45, 7) is 1.28. The van der Waals surface area contributed by atoms with Gasteiger partial charge in [0, 0.05) is 6.54 Å². The average molecular weight is 460 g/mol. The van der Waals surface area contributed by atoms with E-state index in [1.807, 2.05) is 54.6 Å². The molecular formula is C31H29N3O. The van der Waals surface area contributed by atoms with Gasteiger partial charge in [0.05, 0.1) is 24.0 Å². The molecule has 0 saturated heterocycles. The lowest BCUT2D eigenvalue weighted by Crippen LogP contribution is -2.26. The molecule has 0 aliphatic rings. The zero-order chi connectivity index (χ0) is 23.9. The fraction of sp³-hybridized carbons (Fsp3) is 0.161. The number of hydrogen-bond acceptors (Lipinski definition) is 2. The molecular weight excluding hydrogens is 430 g/mol. The van der Waals surface area contributed by atoms with Crippen LogP contribution in [0.15, 0.2) is 109 Å². The van der Waals surface area contributed by atoms with Crippen LogP contribution in [0.5, 0.6) is 0 Å². The highest BCUT2D eigenvalue weighted by Gasteiger charge is 2.12. The van der Waals surface area contributed by atoms with E-state index >= 15 is 0 Å². The fourth-order valence-corrected chi connectivity index (χ4v) is 4.47. The third kappa shape index (κ3) is 5.67. The molecule has 0 spiro atoms. The minimum atomic E-state index is 0.000327. The molecule has 0 unspecified atom stereocenters. The highest BCUT2D eigenvalue weighted by Crippen LogP contribution is 2.20. The first-order valence-electron chi connectivity index (χ1n) is 12.2. The number of para-hydroxylation sites is 2. The molecule has 4 aromatic carbocycles. The lowest BCUT2D eigenvalue weighted by Gasteiger charge is -2.11. The van der Waals surface area contributed by atoms with Crippen molar-refractivity contribution in [3.8, 4) is 11.1 Å². The van der Waals surface area contributed by atoms with Crippen molar-refractivity contribution in [2.75, 3.05) is 0 Å². The Hall–Kier alpha value is -4.18. The third-order valence-electron chi connectivity index (χ3n) is 6.29. The van der Waals surface area contributed by atoms with E-state index in [1.165, 1.54) is 11.1 Å². The standard InChI is InChI=1S/C31H29N3O/c35-31(22-25-17-19-27(20-18-25)26-13-5-2-6-14-26)32-23-30-33-28-15-7-8-16-29(28)34(30)21-9-12-24-10-3-1-4-11-24/h1-8,10-11,13-20H,9,12,21-23H2,(H,32,35). The van der Waals surface area contributed by atoms with Gasteiger partial charge in [-0.3, -0.25) is 4.79 Å². The van der Waals surface area contributed by atoms with Crippen LogP contribution in [0.4, 0.5) is 0 Å². The smallest absolute Gasteiger partial charge is 0.224 e. The molecule has 0 bridgehead atoms. The number of carbonyl (C=O) groups is 1. The quantitative estimate of drug-likeness (QED) is 0.285. The Kier molecular flexibility index (Phi) is 7.00.